The van der Waals surface area contributed by atoms with E-state index < -0.39 is 5.69 Å². The molecule has 2 aromatic heterocycles. The largest absolute Gasteiger partial charge is 0.335 e. The lowest BCUT2D eigenvalue weighted by Gasteiger charge is -2.10. The lowest BCUT2D eigenvalue weighted by atomic mass is 10.0. The molecule has 0 bridgehead atoms. The van der Waals surface area contributed by atoms with E-state index in [1.165, 1.54) is 22.2 Å². The number of fused-ring (bicyclic) bond motifs is 1. The summed E-state index contributed by atoms with van der Waals surface area (Å²) >= 11 is 1.32. The zero-order valence-corrected chi connectivity index (χ0v) is 14.4. The second-order valence-corrected chi connectivity index (χ2v) is 6.44. The highest BCUT2D eigenvalue weighted by Gasteiger charge is 2.17. The average molecular weight is 340 g/mol. The molecule has 1 aromatic carbocycles. The van der Waals surface area contributed by atoms with Gasteiger partial charge >= 0.3 is 5.69 Å². The SMILES string of the molecule is CCC(C#N)c1nsc2ccc(-n3c(=O)cc(C)n(C)c3=O)cc12. The van der Waals surface area contributed by atoms with Gasteiger partial charge in [-0.05, 0) is 43.1 Å². The third kappa shape index (κ3) is 2.45. The van der Waals surface area contributed by atoms with E-state index >= 15 is 0 Å². The van der Waals surface area contributed by atoms with Crippen molar-refractivity contribution in [1.82, 2.24) is 13.5 Å². The molecule has 0 fully saturated rings. The normalized spacial score (nSPS) is 12.2. The van der Waals surface area contributed by atoms with E-state index in [1.807, 2.05) is 13.0 Å². The minimum absolute atomic E-state index is 0.299. The van der Waals surface area contributed by atoms with Crippen LogP contribution in [0.3, 0.4) is 0 Å². The van der Waals surface area contributed by atoms with E-state index in [1.54, 1.807) is 26.1 Å². The predicted molar refractivity (Wildman–Crippen MR) is 93.8 cm³/mol. The Kier molecular flexibility index (Phi) is 4.08. The van der Waals surface area contributed by atoms with Crippen LogP contribution in [0.15, 0.2) is 33.9 Å². The van der Waals surface area contributed by atoms with Gasteiger partial charge < -0.3 is 4.57 Å². The van der Waals surface area contributed by atoms with Crippen LogP contribution in [0.2, 0.25) is 0 Å². The molecule has 0 N–H and O–H groups in total. The number of hydrogen-bond donors (Lipinski definition) is 0. The maximum atomic E-state index is 12.5. The molecule has 0 aliphatic rings. The average Bonchev–Trinajstić information content (AvgIpc) is 2.97. The van der Waals surface area contributed by atoms with Crippen LogP contribution in [-0.2, 0) is 7.05 Å². The van der Waals surface area contributed by atoms with Crippen LogP contribution in [0, 0.1) is 18.3 Å². The third-order valence-corrected chi connectivity index (χ3v) is 5.03. The molecule has 0 aliphatic heterocycles. The Bertz CT molecular complexity index is 1080. The van der Waals surface area contributed by atoms with Crippen molar-refractivity contribution in [2.45, 2.75) is 26.2 Å². The van der Waals surface area contributed by atoms with E-state index in [2.05, 4.69) is 10.4 Å². The highest BCUT2D eigenvalue weighted by atomic mass is 32.1. The van der Waals surface area contributed by atoms with Crippen LogP contribution in [0.25, 0.3) is 15.8 Å². The Balaban J connectivity index is 2.29. The fraction of sp³-hybridized carbons (Fsp3) is 0.294. The molecule has 0 saturated carbocycles. The van der Waals surface area contributed by atoms with Gasteiger partial charge in [0, 0.05) is 24.2 Å². The van der Waals surface area contributed by atoms with Crippen molar-refractivity contribution in [3.05, 3.63) is 56.5 Å². The molecule has 3 aromatic rings. The summed E-state index contributed by atoms with van der Waals surface area (Å²) < 4.78 is 7.90. The summed E-state index contributed by atoms with van der Waals surface area (Å²) in [7, 11) is 1.63. The van der Waals surface area contributed by atoms with E-state index in [0.717, 1.165) is 14.7 Å². The maximum Gasteiger partial charge on any atom is 0.335 e. The van der Waals surface area contributed by atoms with Gasteiger partial charge in [-0.2, -0.15) is 9.64 Å². The molecule has 0 spiro atoms. The van der Waals surface area contributed by atoms with Crippen molar-refractivity contribution in [1.29, 1.82) is 5.26 Å². The van der Waals surface area contributed by atoms with Crippen molar-refractivity contribution in [3.8, 4) is 11.8 Å². The lowest BCUT2D eigenvalue weighted by molar-refractivity contribution is 0.713. The Hall–Kier alpha value is -2.72. The fourth-order valence-electron chi connectivity index (χ4n) is 2.65. The fourth-order valence-corrected chi connectivity index (χ4v) is 3.47. The van der Waals surface area contributed by atoms with Crippen molar-refractivity contribution < 1.29 is 0 Å². The summed E-state index contributed by atoms with van der Waals surface area (Å²) in [4.78, 5) is 24.8. The number of benzene rings is 1. The van der Waals surface area contributed by atoms with Gasteiger partial charge in [-0.15, -0.1) is 0 Å². The standard InChI is InChI=1S/C17H16N4O2S/c1-4-11(9-18)16-13-8-12(5-6-14(13)24-19-16)21-15(22)7-10(2)20(3)17(21)23/h5-8,11H,4H2,1-3H3. The second-order valence-electron chi connectivity index (χ2n) is 5.64. The molecule has 1 atom stereocenters. The Morgan fingerprint density at radius 3 is 2.75 bits per heavy atom. The molecule has 1 unspecified atom stereocenters. The van der Waals surface area contributed by atoms with Gasteiger partial charge in [0.2, 0.25) is 0 Å². The molecule has 2 heterocycles. The first-order valence-electron chi connectivity index (χ1n) is 7.57. The van der Waals surface area contributed by atoms with Gasteiger partial charge in [-0.25, -0.2) is 9.36 Å². The van der Waals surface area contributed by atoms with E-state index in [4.69, 9.17) is 0 Å². The molecule has 0 aliphatic carbocycles. The minimum Gasteiger partial charge on any atom is -0.301 e. The van der Waals surface area contributed by atoms with Crippen LogP contribution in [-0.4, -0.2) is 13.5 Å². The first kappa shape index (κ1) is 16.1. The molecule has 0 amide bonds. The molecule has 6 nitrogen and oxygen atoms in total. The summed E-state index contributed by atoms with van der Waals surface area (Å²) in [5.41, 5.74) is 1.04. The molecule has 0 saturated heterocycles. The molecule has 7 heteroatoms. The first-order chi connectivity index (χ1) is 11.5. The Morgan fingerprint density at radius 1 is 1.33 bits per heavy atom. The minimum atomic E-state index is -0.392. The van der Waals surface area contributed by atoms with Gasteiger partial charge in [0.1, 0.15) is 0 Å². The molecule has 3 rings (SSSR count). The zero-order chi connectivity index (χ0) is 17.4. The van der Waals surface area contributed by atoms with Crippen LogP contribution in [0.5, 0.6) is 0 Å². The predicted octanol–water partition coefficient (Wildman–Crippen LogP) is 2.47. The Morgan fingerprint density at radius 2 is 2.08 bits per heavy atom. The van der Waals surface area contributed by atoms with Gasteiger partial charge in [0.05, 0.1) is 28.1 Å². The van der Waals surface area contributed by atoms with Gasteiger partial charge in [-0.1, -0.05) is 6.92 Å². The highest BCUT2D eigenvalue weighted by Crippen LogP contribution is 2.30. The highest BCUT2D eigenvalue weighted by molar-refractivity contribution is 7.13. The topological polar surface area (TPSA) is 80.7 Å². The lowest BCUT2D eigenvalue weighted by Crippen LogP contribution is -2.38. The van der Waals surface area contributed by atoms with Crippen molar-refractivity contribution in [2.24, 2.45) is 7.05 Å². The second kappa shape index (κ2) is 6.06. The quantitative estimate of drug-likeness (QED) is 0.733. The van der Waals surface area contributed by atoms with E-state index in [0.29, 0.717) is 23.5 Å². The van der Waals surface area contributed by atoms with Gasteiger partial charge in [0.15, 0.2) is 0 Å². The van der Waals surface area contributed by atoms with Crippen LogP contribution < -0.4 is 11.2 Å². The number of aromatic nitrogens is 3. The number of rotatable bonds is 3. The Labute approximate surface area is 142 Å². The van der Waals surface area contributed by atoms with Crippen molar-refractivity contribution in [3.63, 3.8) is 0 Å². The van der Waals surface area contributed by atoms with Crippen LogP contribution in [0.1, 0.15) is 30.7 Å². The molecule has 24 heavy (non-hydrogen) atoms. The summed E-state index contributed by atoms with van der Waals surface area (Å²) in [6.45, 7) is 3.65. The first-order valence-corrected chi connectivity index (χ1v) is 8.34. The van der Waals surface area contributed by atoms with Gasteiger partial charge in [-0.3, -0.25) is 4.79 Å². The van der Waals surface area contributed by atoms with Crippen LogP contribution >= 0.6 is 11.5 Å². The maximum absolute atomic E-state index is 12.5. The van der Waals surface area contributed by atoms with Crippen molar-refractivity contribution in [2.75, 3.05) is 0 Å². The zero-order valence-electron chi connectivity index (χ0n) is 13.6. The summed E-state index contributed by atoms with van der Waals surface area (Å²) in [6, 6.07) is 9.02. The summed E-state index contributed by atoms with van der Waals surface area (Å²) in [5, 5.41) is 10.1. The van der Waals surface area contributed by atoms with Crippen LogP contribution in [0.4, 0.5) is 0 Å². The van der Waals surface area contributed by atoms with Gasteiger partial charge in [0.25, 0.3) is 5.56 Å². The molecular weight excluding hydrogens is 324 g/mol. The number of hydrogen-bond acceptors (Lipinski definition) is 5. The monoisotopic (exact) mass is 340 g/mol. The smallest absolute Gasteiger partial charge is 0.301 e. The molecule has 122 valence electrons. The van der Waals surface area contributed by atoms with Crippen molar-refractivity contribution >= 4 is 21.6 Å². The molecule has 0 radical (unpaired) electrons. The van der Waals surface area contributed by atoms with E-state index in [9.17, 15) is 14.9 Å². The number of aryl methyl sites for hydroxylation is 1. The molecular formula is C17H16N4O2S. The number of nitriles is 1. The third-order valence-electron chi connectivity index (χ3n) is 4.19. The van der Waals surface area contributed by atoms with E-state index in [-0.39, 0.29) is 11.5 Å². The summed E-state index contributed by atoms with van der Waals surface area (Å²) in [5.74, 6) is -0.299. The summed E-state index contributed by atoms with van der Waals surface area (Å²) in [6.07, 6.45) is 0.659. The number of nitrogens with zero attached hydrogens (tertiary/aromatic N) is 4.